The van der Waals surface area contributed by atoms with E-state index in [1.165, 1.54) is 6.20 Å². The molecule has 162 valence electrons. The first-order chi connectivity index (χ1) is 15.3. The SMILES string of the molecule is O=C(Nc1c(Cl)c[n+]([O-])cc1Cl)C(=O)c1cn(Cc2c(Cl)cccc2Cl)c2ncccc12. The third-order valence-corrected chi connectivity index (χ3v) is 5.95. The minimum absolute atomic E-state index is 0.0384. The number of nitrogens with one attached hydrogen (secondary N) is 1. The predicted molar refractivity (Wildman–Crippen MR) is 124 cm³/mol. The molecule has 0 radical (unpaired) electrons. The van der Waals surface area contributed by atoms with Gasteiger partial charge in [0.2, 0.25) is 12.4 Å². The van der Waals surface area contributed by atoms with Crippen molar-refractivity contribution >= 4 is 74.8 Å². The molecule has 0 aliphatic carbocycles. The molecule has 0 fully saturated rings. The van der Waals surface area contributed by atoms with E-state index in [1.807, 2.05) is 0 Å². The summed E-state index contributed by atoms with van der Waals surface area (Å²) in [5.74, 6) is -1.81. The first kappa shape index (κ1) is 22.4. The molecule has 0 saturated heterocycles. The number of ketones is 1. The number of hydrogen-bond donors (Lipinski definition) is 1. The summed E-state index contributed by atoms with van der Waals surface area (Å²) in [6.45, 7) is 0.237. The topological polar surface area (TPSA) is 90.9 Å². The summed E-state index contributed by atoms with van der Waals surface area (Å²) < 4.78 is 2.08. The van der Waals surface area contributed by atoms with Gasteiger partial charge in [-0.25, -0.2) is 4.98 Å². The van der Waals surface area contributed by atoms with Gasteiger partial charge in [0, 0.05) is 33.4 Å². The van der Waals surface area contributed by atoms with Gasteiger partial charge in [-0.15, -0.1) is 0 Å². The summed E-state index contributed by atoms with van der Waals surface area (Å²) in [6.07, 6.45) is 5.11. The summed E-state index contributed by atoms with van der Waals surface area (Å²) >= 11 is 24.5. The van der Waals surface area contributed by atoms with Crippen LogP contribution in [0.25, 0.3) is 11.0 Å². The van der Waals surface area contributed by atoms with Crippen LogP contribution in [0.5, 0.6) is 0 Å². The number of pyridine rings is 2. The summed E-state index contributed by atoms with van der Waals surface area (Å²) in [6, 6.07) is 8.48. The maximum absolute atomic E-state index is 13.0. The van der Waals surface area contributed by atoms with Crippen molar-refractivity contribution in [3.8, 4) is 0 Å². The second-order valence-electron chi connectivity index (χ2n) is 6.72. The van der Waals surface area contributed by atoms with E-state index in [2.05, 4.69) is 10.3 Å². The maximum atomic E-state index is 13.0. The average molecular weight is 510 g/mol. The van der Waals surface area contributed by atoms with Gasteiger partial charge < -0.3 is 15.1 Å². The van der Waals surface area contributed by atoms with Crippen LogP contribution in [0.3, 0.4) is 0 Å². The summed E-state index contributed by atoms with van der Waals surface area (Å²) in [7, 11) is 0. The first-order valence-corrected chi connectivity index (χ1v) is 10.6. The highest BCUT2D eigenvalue weighted by molar-refractivity contribution is 6.50. The molecule has 1 N–H and O–H groups in total. The second kappa shape index (κ2) is 8.96. The normalized spacial score (nSPS) is 11.0. The van der Waals surface area contributed by atoms with E-state index in [1.54, 1.807) is 41.1 Å². The van der Waals surface area contributed by atoms with Gasteiger partial charge in [0.15, 0.2) is 0 Å². The Balaban J connectivity index is 1.70. The highest BCUT2D eigenvalue weighted by Gasteiger charge is 2.25. The molecule has 0 bridgehead atoms. The van der Waals surface area contributed by atoms with Crippen LogP contribution in [0.4, 0.5) is 5.69 Å². The number of hydrogen-bond acceptors (Lipinski definition) is 4. The number of fused-ring (bicyclic) bond motifs is 1. The van der Waals surface area contributed by atoms with Crippen LogP contribution in [0.2, 0.25) is 20.1 Å². The van der Waals surface area contributed by atoms with Crippen LogP contribution >= 0.6 is 46.4 Å². The maximum Gasteiger partial charge on any atom is 0.296 e. The number of Topliss-reactive ketones (excluding diaryl/α,β-unsaturated/α-hetero) is 1. The predicted octanol–water partition coefficient (Wildman–Crippen LogP) is 5.15. The molecule has 0 aliphatic rings. The highest BCUT2D eigenvalue weighted by Crippen LogP contribution is 2.30. The lowest BCUT2D eigenvalue weighted by molar-refractivity contribution is -0.605. The third-order valence-electron chi connectivity index (χ3n) is 4.67. The lowest BCUT2D eigenvalue weighted by Gasteiger charge is -2.09. The Morgan fingerprint density at radius 3 is 2.31 bits per heavy atom. The number of aromatic nitrogens is 3. The van der Waals surface area contributed by atoms with Gasteiger partial charge in [0.25, 0.3) is 11.7 Å². The van der Waals surface area contributed by atoms with Crippen LogP contribution in [-0.2, 0) is 11.3 Å². The number of amides is 1. The molecule has 0 aliphatic heterocycles. The van der Waals surface area contributed by atoms with Crippen molar-refractivity contribution in [2.75, 3.05) is 5.32 Å². The Labute approximate surface area is 201 Å². The zero-order chi connectivity index (χ0) is 23.0. The van der Waals surface area contributed by atoms with Crippen LogP contribution in [0.15, 0.2) is 55.1 Å². The lowest BCUT2D eigenvalue weighted by Crippen LogP contribution is -2.27. The molecule has 1 aromatic carbocycles. The molecular weight excluding hydrogens is 498 g/mol. The Bertz CT molecular complexity index is 1340. The number of benzene rings is 1. The third kappa shape index (κ3) is 4.25. The minimum Gasteiger partial charge on any atom is -0.619 e. The van der Waals surface area contributed by atoms with E-state index < -0.39 is 11.7 Å². The Morgan fingerprint density at radius 1 is 1.00 bits per heavy atom. The first-order valence-electron chi connectivity index (χ1n) is 9.06. The monoisotopic (exact) mass is 508 g/mol. The molecule has 0 spiro atoms. The van der Waals surface area contributed by atoms with E-state index in [0.717, 1.165) is 12.4 Å². The van der Waals surface area contributed by atoms with Crippen molar-refractivity contribution < 1.29 is 14.3 Å². The molecule has 32 heavy (non-hydrogen) atoms. The van der Waals surface area contributed by atoms with Gasteiger partial charge in [0.1, 0.15) is 15.7 Å². The van der Waals surface area contributed by atoms with Crippen molar-refractivity contribution in [2.45, 2.75) is 6.54 Å². The van der Waals surface area contributed by atoms with Gasteiger partial charge in [-0.1, -0.05) is 52.5 Å². The molecule has 3 heterocycles. The molecule has 4 rings (SSSR count). The van der Waals surface area contributed by atoms with Crippen LogP contribution in [0, 0.1) is 5.21 Å². The molecule has 7 nitrogen and oxygen atoms in total. The molecule has 11 heteroatoms. The molecule has 4 aromatic rings. The zero-order valence-corrected chi connectivity index (χ0v) is 19.0. The van der Waals surface area contributed by atoms with Gasteiger partial charge in [-0.2, -0.15) is 4.73 Å². The van der Waals surface area contributed by atoms with E-state index >= 15 is 0 Å². The number of halogens is 4. The largest absolute Gasteiger partial charge is 0.619 e. The molecule has 0 atom stereocenters. The fourth-order valence-electron chi connectivity index (χ4n) is 3.19. The van der Waals surface area contributed by atoms with Gasteiger partial charge in [-0.3, -0.25) is 9.59 Å². The summed E-state index contributed by atoms with van der Waals surface area (Å²) in [4.78, 5) is 30.0. The van der Waals surface area contributed by atoms with Crippen molar-refractivity contribution in [1.82, 2.24) is 9.55 Å². The second-order valence-corrected chi connectivity index (χ2v) is 8.35. The highest BCUT2D eigenvalue weighted by atomic mass is 35.5. The molecule has 0 saturated carbocycles. The average Bonchev–Trinajstić information content (AvgIpc) is 3.11. The number of nitrogens with zero attached hydrogens (tertiary/aromatic N) is 3. The quantitative estimate of drug-likeness (QED) is 0.174. The smallest absolute Gasteiger partial charge is 0.296 e. The van der Waals surface area contributed by atoms with E-state index in [4.69, 9.17) is 46.4 Å². The van der Waals surface area contributed by atoms with Crippen molar-refractivity contribution in [1.29, 1.82) is 0 Å². The van der Waals surface area contributed by atoms with E-state index in [0.29, 0.717) is 31.4 Å². The number of anilines is 1. The van der Waals surface area contributed by atoms with Crippen LogP contribution in [-0.4, -0.2) is 21.2 Å². The Morgan fingerprint density at radius 2 is 1.66 bits per heavy atom. The van der Waals surface area contributed by atoms with Crippen LogP contribution in [0.1, 0.15) is 15.9 Å². The number of carbonyl (C=O) groups is 2. The molecule has 1 amide bonds. The standard InChI is InChI=1S/C21H12Cl4N4O3/c22-14-4-1-5-15(23)13(14)8-28-7-12(11-3-2-6-26-20(11)28)19(30)21(31)27-18-16(24)9-29(32)10-17(18)25/h1-7,9-10H,8H2,(H,27,31). The zero-order valence-electron chi connectivity index (χ0n) is 16.0. The van der Waals surface area contributed by atoms with Gasteiger partial charge in [0.05, 0.1) is 17.8 Å². The van der Waals surface area contributed by atoms with Crippen LogP contribution < -0.4 is 10.0 Å². The molecule has 3 aromatic heterocycles. The number of rotatable bonds is 5. The number of carbonyl (C=O) groups excluding carboxylic acids is 2. The fourth-order valence-corrected chi connectivity index (χ4v) is 4.25. The fraction of sp³-hybridized carbons (Fsp3) is 0.0476. The van der Waals surface area contributed by atoms with Gasteiger partial charge in [-0.05, 0) is 24.3 Å². The van der Waals surface area contributed by atoms with E-state index in [-0.39, 0.29) is 27.8 Å². The molecule has 0 unspecified atom stereocenters. The van der Waals surface area contributed by atoms with Gasteiger partial charge >= 0.3 is 0 Å². The van der Waals surface area contributed by atoms with Crippen molar-refractivity contribution in [2.24, 2.45) is 0 Å². The Kier molecular flexibility index (Phi) is 6.26. The Hall–Kier alpha value is -2.84. The van der Waals surface area contributed by atoms with E-state index in [9.17, 15) is 14.8 Å². The van der Waals surface area contributed by atoms with Crippen molar-refractivity contribution in [3.05, 3.63) is 91.5 Å². The lowest BCUT2D eigenvalue weighted by atomic mass is 10.1. The minimum atomic E-state index is -0.976. The molecular formula is C21H12Cl4N4O3. The summed E-state index contributed by atoms with van der Waals surface area (Å²) in [5, 5.41) is 14.9. The van der Waals surface area contributed by atoms with Crippen molar-refractivity contribution in [3.63, 3.8) is 0 Å². The summed E-state index contributed by atoms with van der Waals surface area (Å²) in [5.41, 5.74) is 1.21.